The summed E-state index contributed by atoms with van der Waals surface area (Å²) in [5, 5.41) is 8.59. The van der Waals surface area contributed by atoms with Gasteiger partial charge in [0.25, 0.3) is 0 Å². The van der Waals surface area contributed by atoms with Gasteiger partial charge in [-0.3, -0.25) is 14.9 Å². The minimum Gasteiger partial charge on any atom is -0.350 e. The molecule has 0 fully saturated rings. The molecule has 0 saturated heterocycles. The van der Waals surface area contributed by atoms with Crippen LogP contribution in [0.25, 0.3) is 0 Å². The van der Waals surface area contributed by atoms with Crippen molar-refractivity contribution in [2.45, 2.75) is 65.6 Å². The van der Waals surface area contributed by atoms with Crippen molar-refractivity contribution in [3.05, 3.63) is 0 Å². The Bertz CT molecular complexity index is 300. The zero-order valence-electron chi connectivity index (χ0n) is 12.6. The van der Waals surface area contributed by atoms with E-state index >= 15 is 0 Å². The summed E-state index contributed by atoms with van der Waals surface area (Å²) in [5.74, 6) is -0.219. The summed E-state index contributed by atoms with van der Waals surface area (Å²) >= 11 is 0. The quantitative estimate of drug-likeness (QED) is 0.697. The smallest absolute Gasteiger partial charge is 0.237 e. The molecule has 1 unspecified atom stereocenters. The van der Waals surface area contributed by atoms with E-state index in [1.165, 1.54) is 0 Å². The van der Waals surface area contributed by atoms with Gasteiger partial charge in [-0.2, -0.15) is 0 Å². The molecule has 1 atom stereocenters. The van der Waals surface area contributed by atoms with E-state index in [9.17, 15) is 9.59 Å². The second-order valence-corrected chi connectivity index (χ2v) is 6.64. The van der Waals surface area contributed by atoms with Crippen LogP contribution in [0, 0.1) is 0 Å². The van der Waals surface area contributed by atoms with Crippen LogP contribution in [-0.2, 0) is 9.59 Å². The van der Waals surface area contributed by atoms with Crippen molar-refractivity contribution in [1.82, 2.24) is 16.0 Å². The van der Waals surface area contributed by atoms with Gasteiger partial charge in [0.05, 0.1) is 12.6 Å². The number of amides is 2. The molecule has 0 aliphatic carbocycles. The molecule has 0 radical (unpaired) electrons. The molecule has 0 heterocycles. The van der Waals surface area contributed by atoms with Crippen molar-refractivity contribution in [3.63, 3.8) is 0 Å². The Kier molecular flexibility index (Phi) is 5.80. The highest BCUT2D eigenvalue weighted by atomic mass is 16.2. The Morgan fingerprint density at radius 3 is 1.78 bits per heavy atom. The number of rotatable bonds is 4. The largest absolute Gasteiger partial charge is 0.350 e. The Morgan fingerprint density at radius 1 is 0.944 bits per heavy atom. The molecule has 0 aromatic rings. The Balaban J connectivity index is 4.07. The summed E-state index contributed by atoms with van der Waals surface area (Å²) in [6, 6.07) is -0.394. The zero-order valence-corrected chi connectivity index (χ0v) is 12.6. The van der Waals surface area contributed by atoms with E-state index in [1.54, 1.807) is 6.92 Å². The number of nitrogens with one attached hydrogen (secondary N) is 3. The van der Waals surface area contributed by atoms with E-state index < -0.39 is 6.04 Å². The summed E-state index contributed by atoms with van der Waals surface area (Å²) < 4.78 is 0. The first-order valence-corrected chi connectivity index (χ1v) is 6.27. The fraction of sp³-hybridized carbons (Fsp3) is 0.846. The number of carbonyl (C=O) groups excluding carboxylic acids is 2. The monoisotopic (exact) mass is 257 g/mol. The number of hydrogen-bond acceptors (Lipinski definition) is 3. The minimum absolute atomic E-state index is 0.106. The van der Waals surface area contributed by atoms with E-state index in [1.807, 2.05) is 41.5 Å². The second kappa shape index (κ2) is 6.18. The first-order chi connectivity index (χ1) is 7.91. The third-order valence-corrected chi connectivity index (χ3v) is 1.97. The van der Waals surface area contributed by atoms with Crippen molar-refractivity contribution in [3.8, 4) is 0 Å². The van der Waals surface area contributed by atoms with E-state index in [2.05, 4.69) is 16.0 Å². The van der Waals surface area contributed by atoms with Crippen molar-refractivity contribution >= 4 is 11.8 Å². The van der Waals surface area contributed by atoms with Gasteiger partial charge in [-0.15, -0.1) is 0 Å². The molecule has 0 spiro atoms. The van der Waals surface area contributed by atoms with Crippen LogP contribution >= 0.6 is 0 Å². The van der Waals surface area contributed by atoms with E-state index in [0.29, 0.717) is 0 Å². The molecule has 2 amide bonds. The molecule has 106 valence electrons. The topological polar surface area (TPSA) is 70.2 Å². The Morgan fingerprint density at radius 2 is 1.39 bits per heavy atom. The van der Waals surface area contributed by atoms with Crippen LogP contribution in [0.3, 0.4) is 0 Å². The lowest BCUT2D eigenvalue weighted by Crippen LogP contribution is -2.52. The third-order valence-electron chi connectivity index (χ3n) is 1.97. The first kappa shape index (κ1) is 16.9. The molecule has 5 heteroatoms. The average molecular weight is 257 g/mol. The maximum absolute atomic E-state index is 11.8. The molecule has 0 aromatic heterocycles. The highest BCUT2D eigenvalue weighted by Gasteiger charge is 2.20. The van der Waals surface area contributed by atoms with Gasteiger partial charge in [0.2, 0.25) is 11.8 Å². The molecule has 3 N–H and O–H groups in total. The summed E-state index contributed by atoms with van der Waals surface area (Å²) in [4.78, 5) is 23.3. The van der Waals surface area contributed by atoms with Gasteiger partial charge in [-0.25, -0.2) is 0 Å². The second-order valence-electron chi connectivity index (χ2n) is 6.64. The van der Waals surface area contributed by atoms with Crippen LogP contribution in [-0.4, -0.2) is 35.5 Å². The molecule has 0 aliphatic heterocycles. The standard InChI is InChI=1S/C13H27N3O2/c1-9(11(18)16-13(5,6)7)14-8-10(17)15-12(2,3)4/h9,14H,8H2,1-7H3,(H,15,17)(H,16,18). The van der Waals surface area contributed by atoms with E-state index in [0.717, 1.165) is 0 Å². The van der Waals surface area contributed by atoms with Crippen LogP contribution in [0.4, 0.5) is 0 Å². The molecular weight excluding hydrogens is 230 g/mol. The summed E-state index contributed by atoms with van der Waals surface area (Å²) in [7, 11) is 0. The zero-order chi connectivity index (χ0) is 14.6. The first-order valence-electron chi connectivity index (χ1n) is 6.27. The van der Waals surface area contributed by atoms with Crippen LogP contribution < -0.4 is 16.0 Å². The molecule has 0 bridgehead atoms. The summed E-state index contributed by atoms with van der Waals surface area (Å²) in [6.07, 6.45) is 0. The fourth-order valence-corrected chi connectivity index (χ4v) is 1.28. The fourth-order valence-electron chi connectivity index (χ4n) is 1.28. The van der Waals surface area contributed by atoms with Crippen LogP contribution in [0.1, 0.15) is 48.5 Å². The van der Waals surface area contributed by atoms with Crippen LogP contribution in [0.2, 0.25) is 0 Å². The van der Waals surface area contributed by atoms with Gasteiger partial charge in [0.1, 0.15) is 0 Å². The highest BCUT2D eigenvalue weighted by molar-refractivity contribution is 5.83. The van der Waals surface area contributed by atoms with Crippen LogP contribution in [0.5, 0.6) is 0 Å². The van der Waals surface area contributed by atoms with Crippen LogP contribution in [0.15, 0.2) is 0 Å². The van der Waals surface area contributed by atoms with E-state index in [-0.39, 0.29) is 29.4 Å². The summed E-state index contributed by atoms with van der Waals surface area (Å²) in [6.45, 7) is 13.4. The van der Waals surface area contributed by atoms with Crippen molar-refractivity contribution < 1.29 is 9.59 Å². The van der Waals surface area contributed by atoms with Gasteiger partial charge < -0.3 is 10.6 Å². The SMILES string of the molecule is CC(NCC(=O)NC(C)(C)C)C(=O)NC(C)(C)C. The lowest BCUT2D eigenvalue weighted by molar-refractivity contribution is -0.124. The maximum Gasteiger partial charge on any atom is 0.237 e. The van der Waals surface area contributed by atoms with Gasteiger partial charge >= 0.3 is 0 Å². The predicted octanol–water partition coefficient (Wildman–Crippen LogP) is 0.794. The lowest BCUT2D eigenvalue weighted by atomic mass is 10.1. The van der Waals surface area contributed by atoms with E-state index in [4.69, 9.17) is 0 Å². The molecular formula is C13H27N3O2. The van der Waals surface area contributed by atoms with Gasteiger partial charge in [0.15, 0.2) is 0 Å². The predicted molar refractivity (Wildman–Crippen MR) is 73.3 cm³/mol. The molecule has 5 nitrogen and oxygen atoms in total. The van der Waals surface area contributed by atoms with Crippen molar-refractivity contribution in [2.75, 3.05) is 6.54 Å². The lowest BCUT2D eigenvalue weighted by Gasteiger charge is -2.24. The molecule has 0 saturated carbocycles. The minimum atomic E-state index is -0.394. The third kappa shape index (κ3) is 8.98. The Labute approximate surface area is 110 Å². The Hall–Kier alpha value is -1.10. The van der Waals surface area contributed by atoms with Gasteiger partial charge in [-0.1, -0.05) is 0 Å². The normalized spacial score (nSPS) is 13.9. The van der Waals surface area contributed by atoms with Crippen molar-refractivity contribution in [2.24, 2.45) is 0 Å². The molecule has 0 aromatic carbocycles. The summed E-state index contributed by atoms with van der Waals surface area (Å²) in [5.41, 5.74) is -0.517. The highest BCUT2D eigenvalue weighted by Crippen LogP contribution is 2.00. The van der Waals surface area contributed by atoms with Gasteiger partial charge in [-0.05, 0) is 48.5 Å². The van der Waals surface area contributed by atoms with Gasteiger partial charge in [0, 0.05) is 11.1 Å². The van der Waals surface area contributed by atoms with Crippen molar-refractivity contribution in [1.29, 1.82) is 0 Å². The molecule has 0 rings (SSSR count). The maximum atomic E-state index is 11.8. The molecule has 18 heavy (non-hydrogen) atoms. The number of hydrogen-bond donors (Lipinski definition) is 3. The number of carbonyl (C=O) groups is 2. The average Bonchev–Trinajstić information content (AvgIpc) is 2.08. The molecule has 0 aliphatic rings.